The number of hydrogen-bond acceptors (Lipinski definition) is 3. The molecule has 1 atom stereocenters. The highest BCUT2D eigenvalue weighted by Crippen LogP contribution is 2.05. The number of thiophene rings is 1. The van der Waals surface area contributed by atoms with Gasteiger partial charge in [-0.05, 0) is 28.0 Å². The van der Waals surface area contributed by atoms with Crippen LogP contribution in [0.1, 0.15) is 11.1 Å². The first-order valence-corrected chi connectivity index (χ1v) is 7.43. The number of carbonyl (C=O) groups excluding carboxylic acids is 1. The number of amides is 2. The molecule has 0 aliphatic carbocycles. The predicted octanol–water partition coefficient (Wildman–Crippen LogP) is 2.15. The number of urea groups is 1. The quantitative estimate of drug-likeness (QED) is 0.763. The number of aliphatic hydroxyl groups excluding tert-OH is 1. The Morgan fingerprint density at radius 3 is 2.65 bits per heavy atom. The van der Waals surface area contributed by atoms with Crippen LogP contribution < -0.4 is 10.6 Å². The first-order chi connectivity index (χ1) is 9.74. The summed E-state index contributed by atoms with van der Waals surface area (Å²) in [6.45, 7) is 0.745. The number of benzene rings is 1. The van der Waals surface area contributed by atoms with Gasteiger partial charge in [0.25, 0.3) is 0 Å². The predicted molar refractivity (Wildman–Crippen MR) is 80.7 cm³/mol. The highest BCUT2D eigenvalue weighted by Gasteiger charge is 2.07. The van der Waals surface area contributed by atoms with Crippen LogP contribution in [-0.4, -0.2) is 23.8 Å². The number of hydrogen-bond donors (Lipinski definition) is 3. The zero-order valence-electron chi connectivity index (χ0n) is 11.1. The Bertz CT molecular complexity index is 514. The van der Waals surface area contributed by atoms with Crippen LogP contribution in [0.15, 0.2) is 47.2 Å². The molecule has 0 saturated heterocycles. The molecule has 1 heterocycles. The van der Waals surface area contributed by atoms with E-state index >= 15 is 0 Å². The van der Waals surface area contributed by atoms with Gasteiger partial charge >= 0.3 is 6.03 Å². The third-order valence-electron chi connectivity index (χ3n) is 2.85. The Hall–Kier alpha value is -1.85. The number of aliphatic hydroxyl groups is 1. The van der Waals surface area contributed by atoms with E-state index < -0.39 is 6.10 Å². The van der Waals surface area contributed by atoms with Crippen LogP contribution in [0.2, 0.25) is 0 Å². The maximum Gasteiger partial charge on any atom is 0.315 e. The second-order valence-electron chi connectivity index (χ2n) is 4.54. The largest absolute Gasteiger partial charge is 0.391 e. The molecule has 1 aromatic heterocycles. The number of carbonyl (C=O) groups is 1. The fraction of sp³-hybridized carbons (Fsp3) is 0.267. The molecule has 2 rings (SSSR count). The van der Waals surface area contributed by atoms with Gasteiger partial charge in [-0.2, -0.15) is 11.3 Å². The van der Waals surface area contributed by atoms with Crippen molar-refractivity contribution in [2.24, 2.45) is 0 Å². The second kappa shape index (κ2) is 7.67. The third kappa shape index (κ3) is 5.03. The van der Waals surface area contributed by atoms with Crippen molar-refractivity contribution >= 4 is 17.4 Å². The summed E-state index contributed by atoms with van der Waals surface area (Å²) in [6.07, 6.45) is -0.0460. The molecule has 0 bridgehead atoms. The summed E-state index contributed by atoms with van der Waals surface area (Å²) in [6, 6.07) is 11.4. The first-order valence-electron chi connectivity index (χ1n) is 6.49. The van der Waals surface area contributed by atoms with Crippen LogP contribution in [0, 0.1) is 0 Å². The minimum Gasteiger partial charge on any atom is -0.391 e. The maximum atomic E-state index is 11.6. The van der Waals surface area contributed by atoms with Gasteiger partial charge < -0.3 is 15.7 Å². The molecular formula is C15H18N2O2S. The first kappa shape index (κ1) is 14.6. The van der Waals surface area contributed by atoms with Gasteiger partial charge in [0.15, 0.2) is 0 Å². The van der Waals surface area contributed by atoms with E-state index in [0.717, 1.165) is 11.1 Å². The minimum atomic E-state index is -0.579. The van der Waals surface area contributed by atoms with Gasteiger partial charge in [0.05, 0.1) is 6.10 Å². The lowest BCUT2D eigenvalue weighted by Gasteiger charge is -2.12. The van der Waals surface area contributed by atoms with E-state index in [0.29, 0.717) is 13.0 Å². The van der Waals surface area contributed by atoms with E-state index in [-0.39, 0.29) is 12.6 Å². The summed E-state index contributed by atoms with van der Waals surface area (Å²) in [5, 5.41) is 19.2. The lowest BCUT2D eigenvalue weighted by Crippen LogP contribution is -2.39. The van der Waals surface area contributed by atoms with Crippen molar-refractivity contribution in [3.05, 3.63) is 58.3 Å². The van der Waals surface area contributed by atoms with Crippen LogP contribution >= 0.6 is 11.3 Å². The van der Waals surface area contributed by atoms with Crippen LogP contribution in [0.3, 0.4) is 0 Å². The maximum absolute atomic E-state index is 11.6. The molecule has 0 fully saturated rings. The Morgan fingerprint density at radius 2 is 1.95 bits per heavy atom. The summed E-state index contributed by atoms with van der Waals surface area (Å²) in [4.78, 5) is 11.6. The fourth-order valence-electron chi connectivity index (χ4n) is 1.81. The summed E-state index contributed by atoms with van der Waals surface area (Å²) < 4.78 is 0. The van der Waals surface area contributed by atoms with Gasteiger partial charge in [0, 0.05) is 19.5 Å². The van der Waals surface area contributed by atoms with Crippen molar-refractivity contribution < 1.29 is 9.90 Å². The van der Waals surface area contributed by atoms with Crippen molar-refractivity contribution in [2.45, 2.75) is 19.1 Å². The molecule has 0 aliphatic rings. The number of nitrogens with one attached hydrogen (secondary N) is 2. The van der Waals surface area contributed by atoms with Crippen molar-refractivity contribution in [1.82, 2.24) is 10.6 Å². The molecule has 1 unspecified atom stereocenters. The Kier molecular flexibility index (Phi) is 5.58. The molecule has 20 heavy (non-hydrogen) atoms. The molecule has 2 aromatic rings. The highest BCUT2D eigenvalue weighted by molar-refractivity contribution is 7.07. The van der Waals surface area contributed by atoms with Gasteiger partial charge in [-0.15, -0.1) is 0 Å². The lowest BCUT2D eigenvalue weighted by molar-refractivity contribution is 0.170. The summed E-state index contributed by atoms with van der Waals surface area (Å²) in [5.41, 5.74) is 2.13. The molecular weight excluding hydrogens is 272 g/mol. The molecule has 2 amide bonds. The summed E-state index contributed by atoms with van der Waals surface area (Å²) >= 11 is 1.60. The Morgan fingerprint density at radius 1 is 1.15 bits per heavy atom. The topological polar surface area (TPSA) is 61.4 Å². The lowest BCUT2D eigenvalue weighted by atomic mass is 10.1. The Labute approximate surface area is 122 Å². The van der Waals surface area contributed by atoms with Crippen LogP contribution in [-0.2, 0) is 13.0 Å². The van der Waals surface area contributed by atoms with E-state index in [4.69, 9.17) is 0 Å². The van der Waals surface area contributed by atoms with Crippen molar-refractivity contribution in [1.29, 1.82) is 0 Å². The zero-order chi connectivity index (χ0) is 14.2. The van der Waals surface area contributed by atoms with E-state index in [1.165, 1.54) is 0 Å². The standard InChI is InChI=1S/C15H18N2O2S/c18-14(8-12-4-2-1-3-5-12)10-17-15(19)16-9-13-6-7-20-11-13/h1-7,11,14,18H,8-10H2,(H2,16,17,19). The Balaban J connectivity index is 1.65. The molecule has 1 aromatic carbocycles. The smallest absolute Gasteiger partial charge is 0.315 e. The van der Waals surface area contributed by atoms with E-state index in [2.05, 4.69) is 10.6 Å². The van der Waals surface area contributed by atoms with E-state index in [9.17, 15) is 9.90 Å². The second-order valence-corrected chi connectivity index (χ2v) is 5.32. The average Bonchev–Trinajstić information content (AvgIpc) is 2.97. The van der Waals surface area contributed by atoms with Crippen molar-refractivity contribution in [2.75, 3.05) is 6.54 Å². The highest BCUT2D eigenvalue weighted by atomic mass is 32.1. The van der Waals surface area contributed by atoms with Crippen LogP contribution in [0.25, 0.3) is 0 Å². The molecule has 5 heteroatoms. The molecule has 0 spiro atoms. The van der Waals surface area contributed by atoms with Gasteiger partial charge in [0.2, 0.25) is 0 Å². The summed E-state index contributed by atoms with van der Waals surface area (Å²) in [5.74, 6) is 0. The zero-order valence-corrected chi connectivity index (χ0v) is 11.9. The number of rotatable bonds is 6. The van der Waals surface area contributed by atoms with Gasteiger partial charge in [-0.25, -0.2) is 4.79 Å². The molecule has 4 nitrogen and oxygen atoms in total. The monoisotopic (exact) mass is 290 g/mol. The van der Waals surface area contributed by atoms with Crippen LogP contribution in [0.5, 0.6) is 0 Å². The molecule has 0 saturated carbocycles. The van der Waals surface area contributed by atoms with Crippen LogP contribution in [0.4, 0.5) is 4.79 Å². The molecule has 0 radical (unpaired) electrons. The average molecular weight is 290 g/mol. The van der Waals surface area contributed by atoms with Gasteiger partial charge in [0.1, 0.15) is 0 Å². The minimum absolute atomic E-state index is 0.240. The molecule has 3 N–H and O–H groups in total. The van der Waals surface area contributed by atoms with E-state index in [1.807, 2.05) is 47.2 Å². The van der Waals surface area contributed by atoms with Gasteiger partial charge in [-0.3, -0.25) is 0 Å². The van der Waals surface area contributed by atoms with E-state index in [1.54, 1.807) is 11.3 Å². The normalized spacial score (nSPS) is 11.8. The van der Waals surface area contributed by atoms with Crippen molar-refractivity contribution in [3.8, 4) is 0 Å². The molecule has 106 valence electrons. The van der Waals surface area contributed by atoms with Gasteiger partial charge in [-0.1, -0.05) is 30.3 Å². The third-order valence-corrected chi connectivity index (χ3v) is 3.58. The fourth-order valence-corrected chi connectivity index (χ4v) is 2.48. The molecule has 0 aliphatic heterocycles. The SMILES string of the molecule is O=C(NCc1ccsc1)NCC(O)Cc1ccccc1. The van der Waals surface area contributed by atoms with Crippen molar-refractivity contribution in [3.63, 3.8) is 0 Å². The summed E-state index contributed by atoms with van der Waals surface area (Å²) in [7, 11) is 0.